The molecule has 2 aliphatic rings. The summed E-state index contributed by atoms with van der Waals surface area (Å²) < 4.78 is 1.92. The van der Waals surface area contributed by atoms with E-state index in [4.69, 9.17) is 5.73 Å². The first-order chi connectivity index (χ1) is 22.9. The van der Waals surface area contributed by atoms with Crippen LogP contribution in [0.3, 0.4) is 0 Å². The summed E-state index contributed by atoms with van der Waals surface area (Å²) in [5, 5.41) is 10.2. The Balaban J connectivity index is 0.948. The van der Waals surface area contributed by atoms with Crippen LogP contribution in [0.25, 0.3) is 27.9 Å². The van der Waals surface area contributed by atoms with E-state index in [0.29, 0.717) is 25.3 Å². The number of carbonyl (C=O) groups excluding carboxylic acids is 2. The molecule has 240 valence electrons. The first-order valence-electron chi connectivity index (χ1n) is 16.6. The second-order valence-electron chi connectivity index (χ2n) is 12.8. The van der Waals surface area contributed by atoms with Crippen LogP contribution < -0.4 is 16.4 Å². The van der Waals surface area contributed by atoms with E-state index < -0.39 is 0 Å². The Kier molecular flexibility index (Phi) is 8.82. The Morgan fingerprint density at radius 3 is 2.53 bits per heavy atom. The van der Waals surface area contributed by atoms with Crippen molar-refractivity contribution in [3.63, 3.8) is 0 Å². The first-order valence-corrected chi connectivity index (χ1v) is 16.6. The average molecular weight is 628 g/mol. The van der Waals surface area contributed by atoms with Gasteiger partial charge in [-0.15, -0.1) is 0 Å². The second kappa shape index (κ2) is 13.5. The zero-order valence-electron chi connectivity index (χ0n) is 26.8. The number of imide groups is 1. The molecule has 7 rings (SSSR count). The van der Waals surface area contributed by atoms with E-state index in [-0.39, 0.29) is 17.9 Å². The molecule has 2 aliphatic heterocycles. The molecule has 2 amide bonds. The minimum Gasteiger partial charge on any atom is -0.374 e. The first kappa shape index (κ1) is 30.8. The van der Waals surface area contributed by atoms with Gasteiger partial charge in [-0.05, 0) is 104 Å². The quantitative estimate of drug-likeness (QED) is 0.186. The lowest BCUT2D eigenvalue weighted by Gasteiger charge is -2.32. The predicted octanol–water partition coefficient (Wildman–Crippen LogP) is 5.47. The molecule has 4 heterocycles. The number of piperidine rings is 2. The number of fused-ring (bicyclic) bond motifs is 1. The molecule has 2 saturated heterocycles. The Hall–Kier alpha value is -4.86. The van der Waals surface area contributed by atoms with Crippen LogP contribution in [-0.4, -0.2) is 57.0 Å². The van der Waals surface area contributed by atoms with Crippen LogP contribution >= 0.6 is 0 Å². The van der Waals surface area contributed by atoms with Crippen LogP contribution in [-0.2, 0) is 22.6 Å². The monoisotopic (exact) mass is 627 g/mol. The number of nitrogens with zero attached hydrogens (tertiary/aromatic N) is 4. The molecule has 47 heavy (non-hydrogen) atoms. The molecule has 5 aromatic rings. The van der Waals surface area contributed by atoms with E-state index in [1.807, 2.05) is 4.52 Å². The van der Waals surface area contributed by atoms with Crippen molar-refractivity contribution in [2.24, 2.45) is 5.73 Å². The fraction of sp³-hybridized carbons (Fsp3) is 0.316. The average Bonchev–Trinajstić information content (AvgIpc) is 3.54. The molecule has 9 heteroatoms. The van der Waals surface area contributed by atoms with Crippen LogP contribution in [0, 0.1) is 6.92 Å². The van der Waals surface area contributed by atoms with E-state index in [9.17, 15) is 9.59 Å². The van der Waals surface area contributed by atoms with Gasteiger partial charge in [0.15, 0.2) is 0 Å². The maximum atomic E-state index is 12.1. The molecule has 0 radical (unpaired) electrons. The van der Waals surface area contributed by atoms with Crippen molar-refractivity contribution < 1.29 is 9.59 Å². The Morgan fingerprint density at radius 1 is 0.936 bits per heavy atom. The number of aryl methyl sites for hydroxylation is 1. The summed E-state index contributed by atoms with van der Waals surface area (Å²) in [7, 11) is 0. The van der Waals surface area contributed by atoms with Gasteiger partial charge in [-0.2, -0.15) is 5.10 Å². The van der Waals surface area contributed by atoms with Gasteiger partial charge in [-0.3, -0.25) is 14.9 Å². The summed E-state index contributed by atoms with van der Waals surface area (Å²) in [5.74, 6) is 0.103. The number of amides is 2. The summed E-state index contributed by atoms with van der Waals surface area (Å²) in [6, 6.07) is 25.5. The van der Waals surface area contributed by atoms with E-state index in [1.165, 1.54) is 22.3 Å². The number of benzene rings is 3. The number of nitrogens with two attached hydrogens (primary N) is 1. The smallest absolute Gasteiger partial charge is 0.249 e. The molecule has 0 aliphatic carbocycles. The van der Waals surface area contributed by atoms with Gasteiger partial charge in [-0.25, -0.2) is 9.50 Å². The molecule has 0 spiro atoms. The number of anilines is 1. The van der Waals surface area contributed by atoms with Gasteiger partial charge in [0.05, 0.1) is 11.2 Å². The highest BCUT2D eigenvalue weighted by Gasteiger charge is 2.26. The van der Waals surface area contributed by atoms with Crippen LogP contribution in [0.4, 0.5) is 5.69 Å². The molecule has 9 nitrogen and oxygen atoms in total. The van der Waals surface area contributed by atoms with Crippen molar-refractivity contribution in [1.82, 2.24) is 24.8 Å². The third kappa shape index (κ3) is 6.82. The number of hydrogen-bond acceptors (Lipinski definition) is 7. The van der Waals surface area contributed by atoms with Gasteiger partial charge >= 0.3 is 0 Å². The molecule has 1 atom stereocenters. The Morgan fingerprint density at radius 2 is 1.77 bits per heavy atom. The van der Waals surface area contributed by atoms with E-state index in [1.54, 1.807) is 6.33 Å². The van der Waals surface area contributed by atoms with Gasteiger partial charge in [0.2, 0.25) is 11.8 Å². The number of rotatable bonds is 9. The highest BCUT2D eigenvalue weighted by Crippen LogP contribution is 2.31. The van der Waals surface area contributed by atoms with Gasteiger partial charge in [-0.1, -0.05) is 48.5 Å². The van der Waals surface area contributed by atoms with Crippen molar-refractivity contribution in [1.29, 1.82) is 0 Å². The lowest BCUT2D eigenvalue weighted by molar-refractivity contribution is -0.133. The van der Waals surface area contributed by atoms with Gasteiger partial charge in [0.25, 0.3) is 0 Å². The highest BCUT2D eigenvalue weighted by atomic mass is 16.2. The van der Waals surface area contributed by atoms with Crippen molar-refractivity contribution in [3.05, 3.63) is 108 Å². The lowest BCUT2D eigenvalue weighted by Crippen LogP contribution is -2.47. The van der Waals surface area contributed by atoms with E-state index in [0.717, 1.165) is 72.5 Å². The van der Waals surface area contributed by atoms with Crippen molar-refractivity contribution in [2.45, 2.75) is 57.5 Å². The van der Waals surface area contributed by atoms with Gasteiger partial charge < -0.3 is 16.0 Å². The fourth-order valence-electron chi connectivity index (χ4n) is 6.95. The second-order valence-corrected chi connectivity index (χ2v) is 12.8. The summed E-state index contributed by atoms with van der Waals surface area (Å²) >= 11 is 0. The van der Waals surface area contributed by atoms with Crippen LogP contribution in [0.2, 0.25) is 0 Å². The summed E-state index contributed by atoms with van der Waals surface area (Å²) in [4.78, 5) is 30.7. The lowest BCUT2D eigenvalue weighted by atomic mass is 9.89. The number of aromatic nitrogens is 3. The van der Waals surface area contributed by atoms with E-state index >= 15 is 0 Å². The van der Waals surface area contributed by atoms with Gasteiger partial charge in [0.1, 0.15) is 12.4 Å². The van der Waals surface area contributed by atoms with Crippen LogP contribution in [0.15, 0.2) is 85.3 Å². The summed E-state index contributed by atoms with van der Waals surface area (Å²) in [5.41, 5.74) is 17.1. The number of nitrogens with one attached hydrogen (secondary N) is 2. The number of likely N-dealkylation sites (tertiary alicyclic amines) is 1. The summed E-state index contributed by atoms with van der Waals surface area (Å²) in [6.07, 6.45) is 7.88. The zero-order chi connectivity index (χ0) is 32.3. The maximum absolute atomic E-state index is 12.1. The SMILES string of the molecule is Cc1cc(-c2ncnn3cc(-c4cccc(CCN5CCC(c6ccc(NC7CCC(=O)NC7=O)cc6)CC5)c4)cc23)ccc1CN. The molecular formula is C38H41N7O2. The van der Waals surface area contributed by atoms with E-state index in [2.05, 4.69) is 112 Å². The number of hydrogen-bond donors (Lipinski definition) is 3. The molecule has 0 bridgehead atoms. The van der Waals surface area contributed by atoms with Crippen molar-refractivity contribution in [2.75, 3.05) is 25.0 Å². The van der Waals surface area contributed by atoms with Crippen molar-refractivity contribution in [3.8, 4) is 22.4 Å². The topological polar surface area (TPSA) is 118 Å². The third-order valence-electron chi connectivity index (χ3n) is 9.77. The minimum absolute atomic E-state index is 0.194. The maximum Gasteiger partial charge on any atom is 0.249 e. The molecule has 1 unspecified atom stereocenters. The number of carbonyl (C=O) groups is 2. The van der Waals surface area contributed by atoms with Crippen LogP contribution in [0.1, 0.15) is 53.9 Å². The molecule has 3 aromatic carbocycles. The molecule has 2 aromatic heterocycles. The third-order valence-corrected chi connectivity index (χ3v) is 9.77. The Bertz CT molecular complexity index is 1910. The Labute approximate surface area is 275 Å². The molecule has 2 fully saturated rings. The molecule has 4 N–H and O–H groups in total. The summed E-state index contributed by atoms with van der Waals surface area (Å²) in [6.45, 7) is 5.82. The largest absolute Gasteiger partial charge is 0.374 e. The normalized spacial score (nSPS) is 17.6. The minimum atomic E-state index is -0.359. The fourth-order valence-corrected chi connectivity index (χ4v) is 6.95. The van der Waals surface area contributed by atoms with Gasteiger partial charge in [0, 0.05) is 42.5 Å². The van der Waals surface area contributed by atoms with Crippen molar-refractivity contribution >= 4 is 23.0 Å². The molecule has 0 saturated carbocycles. The standard InChI is InChI=1S/C38H41N7O2/c1-25-19-30(5-6-31(25)22-39)37-35-21-32(23-45(35)41-24-40-37)29-4-2-3-26(20-29)13-16-44-17-14-28(15-18-44)27-7-9-33(10-8-27)42-34-11-12-36(46)43-38(34)47/h2-10,19-21,23-24,28,34,42H,11-18,22,39H2,1H3,(H,43,46,47). The predicted molar refractivity (Wildman–Crippen MR) is 185 cm³/mol. The zero-order valence-corrected chi connectivity index (χ0v) is 26.8. The van der Waals surface area contributed by atoms with Crippen LogP contribution in [0.5, 0.6) is 0 Å². The highest BCUT2D eigenvalue weighted by molar-refractivity contribution is 6.01. The molecular weight excluding hydrogens is 586 g/mol.